The summed E-state index contributed by atoms with van der Waals surface area (Å²) in [5.74, 6) is 0. The van der Waals surface area contributed by atoms with Crippen molar-refractivity contribution in [2.45, 2.75) is 52.5 Å². The smallest absolute Gasteiger partial charge is 0.0331 e. The van der Waals surface area contributed by atoms with E-state index < -0.39 is 0 Å². The summed E-state index contributed by atoms with van der Waals surface area (Å²) in [6.07, 6.45) is 5.14. The minimum atomic E-state index is 0.487. The zero-order valence-corrected chi connectivity index (χ0v) is 12.8. The molecule has 0 spiro atoms. The Bertz CT molecular complexity index is 336. The van der Waals surface area contributed by atoms with Gasteiger partial charge in [-0.15, -0.1) is 0 Å². The van der Waals surface area contributed by atoms with Crippen LogP contribution >= 0.6 is 15.9 Å². The number of rotatable bonds is 7. The van der Waals surface area contributed by atoms with Crippen molar-refractivity contribution in [1.82, 2.24) is 5.32 Å². The van der Waals surface area contributed by atoms with Crippen LogP contribution in [-0.2, 0) is 0 Å². The minimum Gasteiger partial charge on any atom is -0.310 e. The van der Waals surface area contributed by atoms with Gasteiger partial charge in [0.2, 0.25) is 0 Å². The Morgan fingerprint density at radius 2 is 2.00 bits per heavy atom. The van der Waals surface area contributed by atoms with Gasteiger partial charge in [0.15, 0.2) is 0 Å². The van der Waals surface area contributed by atoms with E-state index >= 15 is 0 Å². The van der Waals surface area contributed by atoms with Crippen LogP contribution in [-0.4, -0.2) is 6.54 Å². The predicted octanol–water partition coefficient (Wildman–Crippen LogP) is 4.99. The zero-order chi connectivity index (χ0) is 12.7. The van der Waals surface area contributed by atoms with Crippen molar-refractivity contribution in [2.24, 2.45) is 0 Å². The van der Waals surface area contributed by atoms with Gasteiger partial charge in [0.1, 0.15) is 0 Å². The molecule has 0 saturated heterocycles. The molecule has 1 aromatic rings. The fourth-order valence-corrected chi connectivity index (χ4v) is 2.69. The summed E-state index contributed by atoms with van der Waals surface area (Å²) in [5.41, 5.74) is 2.73. The Morgan fingerprint density at radius 1 is 1.24 bits per heavy atom. The van der Waals surface area contributed by atoms with Crippen LogP contribution in [0.25, 0.3) is 0 Å². The highest BCUT2D eigenvalue weighted by atomic mass is 79.9. The Morgan fingerprint density at radius 3 is 2.65 bits per heavy atom. The predicted molar refractivity (Wildman–Crippen MR) is 79.4 cm³/mol. The van der Waals surface area contributed by atoms with Crippen molar-refractivity contribution in [1.29, 1.82) is 0 Å². The number of hydrogen-bond donors (Lipinski definition) is 1. The van der Waals surface area contributed by atoms with Crippen LogP contribution in [0.2, 0.25) is 0 Å². The van der Waals surface area contributed by atoms with Crippen LogP contribution in [0.1, 0.15) is 56.7 Å². The van der Waals surface area contributed by atoms with Gasteiger partial charge in [0, 0.05) is 10.5 Å². The number of hydrogen-bond acceptors (Lipinski definition) is 1. The van der Waals surface area contributed by atoms with E-state index in [1.165, 1.54) is 41.3 Å². The van der Waals surface area contributed by atoms with E-state index in [4.69, 9.17) is 0 Å². The largest absolute Gasteiger partial charge is 0.310 e. The average Bonchev–Trinajstić information content (AvgIpc) is 2.32. The molecule has 17 heavy (non-hydrogen) atoms. The maximum absolute atomic E-state index is 3.72. The molecule has 0 aliphatic rings. The third-order valence-electron chi connectivity index (χ3n) is 3.14. The molecule has 0 amide bonds. The van der Waals surface area contributed by atoms with Crippen LogP contribution in [0.3, 0.4) is 0 Å². The third-order valence-corrected chi connectivity index (χ3v) is 4.23. The van der Waals surface area contributed by atoms with Crippen LogP contribution in [0.5, 0.6) is 0 Å². The summed E-state index contributed by atoms with van der Waals surface area (Å²) >= 11 is 3.72. The van der Waals surface area contributed by atoms with Gasteiger partial charge in [-0.1, -0.05) is 67.2 Å². The van der Waals surface area contributed by atoms with Gasteiger partial charge in [-0.05, 0) is 31.0 Å². The molecular formula is C15H24BrN. The highest BCUT2D eigenvalue weighted by Crippen LogP contribution is 2.29. The number of nitrogens with one attached hydrogen (secondary N) is 1. The van der Waals surface area contributed by atoms with Crippen LogP contribution in [0, 0.1) is 6.92 Å². The van der Waals surface area contributed by atoms with E-state index in [0.717, 1.165) is 6.54 Å². The Labute approximate surface area is 114 Å². The molecule has 0 saturated carbocycles. The lowest BCUT2D eigenvalue weighted by molar-refractivity contribution is 0.485. The quantitative estimate of drug-likeness (QED) is 0.699. The molecule has 1 rings (SSSR count). The van der Waals surface area contributed by atoms with Crippen molar-refractivity contribution >= 4 is 15.9 Å². The second kappa shape index (κ2) is 7.88. The summed E-state index contributed by atoms with van der Waals surface area (Å²) < 4.78 is 1.27. The molecule has 96 valence electrons. The maximum Gasteiger partial charge on any atom is 0.0331 e. The van der Waals surface area contributed by atoms with Gasteiger partial charge >= 0.3 is 0 Å². The molecule has 1 aromatic carbocycles. The summed E-state index contributed by atoms with van der Waals surface area (Å²) in [4.78, 5) is 0. The van der Waals surface area contributed by atoms with Crippen molar-refractivity contribution in [3.05, 3.63) is 33.8 Å². The molecule has 0 radical (unpaired) electrons. The summed E-state index contributed by atoms with van der Waals surface area (Å²) in [7, 11) is 0. The van der Waals surface area contributed by atoms with Gasteiger partial charge in [-0.25, -0.2) is 0 Å². The lowest BCUT2D eigenvalue weighted by Gasteiger charge is -2.20. The normalized spacial score (nSPS) is 12.7. The SMILES string of the molecule is CCCCCC(NCC)c1cccc(C)c1Br. The first-order valence-corrected chi connectivity index (χ1v) is 7.48. The third kappa shape index (κ3) is 4.44. The average molecular weight is 298 g/mol. The molecule has 0 fully saturated rings. The fraction of sp³-hybridized carbons (Fsp3) is 0.600. The minimum absolute atomic E-state index is 0.487. The Kier molecular flexibility index (Phi) is 6.83. The van der Waals surface area contributed by atoms with Crippen LogP contribution in [0.15, 0.2) is 22.7 Å². The Hall–Kier alpha value is -0.340. The van der Waals surface area contributed by atoms with Gasteiger partial charge < -0.3 is 5.32 Å². The van der Waals surface area contributed by atoms with Crippen molar-refractivity contribution in [2.75, 3.05) is 6.54 Å². The van der Waals surface area contributed by atoms with E-state index in [-0.39, 0.29) is 0 Å². The van der Waals surface area contributed by atoms with Crippen molar-refractivity contribution in [3.63, 3.8) is 0 Å². The molecule has 0 heterocycles. The number of halogens is 1. The number of aryl methyl sites for hydroxylation is 1. The van der Waals surface area contributed by atoms with E-state index in [1.807, 2.05) is 0 Å². The monoisotopic (exact) mass is 297 g/mol. The Balaban J connectivity index is 2.77. The highest BCUT2D eigenvalue weighted by Gasteiger charge is 2.13. The molecule has 1 nitrogen and oxygen atoms in total. The second-order valence-electron chi connectivity index (χ2n) is 4.58. The van der Waals surface area contributed by atoms with Gasteiger partial charge in [0.25, 0.3) is 0 Å². The fourth-order valence-electron chi connectivity index (χ4n) is 2.15. The molecule has 0 aliphatic carbocycles. The lowest BCUT2D eigenvalue weighted by atomic mass is 9.99. The first-order valence-electron chi connectivity index (χ1n) is 6.69. The zero-order valence-electron chi connectivity index (χ0n) is 11.2. The summed E-state index contributed by atoms with van der Waals surface area (Å²) in [6.45, 7) is 7.61. The van der Waals surface area contributed by atoms with Crippen molar-refractivity contribution < 1.29 is 0 Å². The van der Waals surface area contributed by atoms with Gasteiger partial charge in [0.05, 0.1) is 0 Å². The molecule has 1 unspecified atom stereocenters. The van der Waals surface area contributed by atoms with Gasteiger partial charge in [-0.3, -0.25) is 0 Å². The van der Waals surface area contributed by atoms with Crippen LogP contribution < -0.4 is 5.32 Å². The number of unbranched alkanes of at least 4 members (excludes halogenated alkanes) is 2. The van der Waals surface area contributed by atoms with E-state index in [2.05, 4.69) is 60.2 Å². The molecule has 0 aliphatic heterocycles. The molecule has 0 aromatic heterocycles. The molecule has 2 heteroatoms. The molecule has 1 atom stereocenters. The van der Waals surface area contributed by atoms with E-state index in [9.17, 15) is 0 Å². The standard InChI is InChI=1S/C15H24BrN/c1-4-6-7-11-14(17-5-2)13-10-8-9-12(3)15(13)16/h8-10,14,17H,4-7,11H2,1-3H3. The van der Waals surface area contributed by atoms with Crippen molar-refractivity contribution in [3.8, 4) is 0 Å². The first kappa shape index (κ1) is 14.7. The maximum atomic E-state index is 3.72. The van der Waals surface area contributed by atoms with E-state index in [1.54, 1.807) is 0 Å². The van der Waals surface area contributed by atoms with Crippen LogP contribution in [0.4, 0.5) is 0 Å². The number of benzene rings is 1. The summed E-state index contributed by atoms with van der Waals surface area (Å²) in [6, 6.07) is 7.03. The highest BCUT2D eigenvalue weighted by molar-refractivity contribution is 9.10. The lowest BCUT2D eigenvalue weighted by Crippen LogP contribution is -2.21. The molecule has 0 bridgehead atoms. The first-order chi connectivity index (χ1) is 8.20. The second-order valence-corrected chi connectivity index (χ2v) is 5.38. The molecule has 1 N–H and O–H groups in total. The topological polar surface area (TPSA) is 12.0 Å². The molecular weight excluding hydrogens is 274 g/mol. The summed E-state index contributed by atoms with van der Waals surface area (Å²) in [5, 5.41) is 3.60. The van der Waals surface area contributed by atoms with E-state index in [0.29, 0.717) is 6.04 Å². The van der Waals surface area contributed by atoms with Gasteiger partial charge in [-0.2, -0.15) is 0 Å².